The molecule has 1 heterocycles. The number of ketones is 1. The van der Waals surface area contributed by atoms with Gasteiger partial charge in [-0.25, -0.2) is 4.79 Å². The van der Waals surface area contributed by atoms with Crippen LogP contribution < -0.4 is 10.4 Å². The molecule has 4 heteroatoms. The van der Waals surface area contributed by atoms with E-state index in [1.54, 1.807) is 6.07 Å². The second-order valence-electron chi connectivity index (χ2n) is 6.53. The molecule has 0 N–H and O–H groups in total. The van der Waals surface area contributed by atoms with Gasteiger partial charge in [-0.3, -0.25) is 4.79 Å². The minimum absolute atomic E-state index is 0.170. The highest BCUT2D eigenvalue weighted by molar-refractivity contribution is 5.85. The summed E-state index contributed by atoms with van der Waals surface area (Å²) >= 11 is 0. The second-order valence-corrected chi connectivity index (χ2v) is 6.53. The van der Waals surface area contributed by atoms with Crippen molar-refractivity contribution in [1.29, 1.82) is 0 Å². The van der Waals surface area contributed by atoms with Crippen LogP contribution in [0.3, 0.4) is 0 Å². The van der Waals surface area contributed by atoms with Crippen LogP contribution in [0.25, 0.3) is 11.0 Å². The first kappa shape index (κ1) is 14.5. The minimum Gasteiger partial charge on any atom is -0.483 e. The molecule has 0 amide bonds. The van der Waals surface area contributed by atoms with Crippen LogP contribution in [0, 0.1) is 0 Å². The van der Waals surface area contributed by atoms with Crippen molar-refractivity contribution in [2.45, 2.75) is 57.5 Å². The Kier molecular flexibility index (Phi) is 3.68. The van der Waals surface area contributed by atoms with E-state index in [-0.39, 0.29) is 17.5 Å². The molecule has 23 heavy (non-hydrogen) atoms. The number of aryl methyl sites for hydroxylation is 1. The number of benzene rings is 1. The summed E-state index contributed by atoms with van der Waals surface area (Å²) in [6.07, 6.45) is 6.89. The second kappa shape index (κ2) is 5.84. The zero-order valence-electron chi connectivity index (χ0n) is 13.1. The lowest BCUT2D eigenvalue weighted by molar-refractivity contribution is -0.127. The van der Waals surface area contributed by atoms with Crippen molar-refractivity contribution in [3.8, 4) is 5.75 Å². The highest BCUT2D eigenvalue weighted by Gasteiger charge is 2.24. The van der Waals surface area contributed by atoms with E-state index in [1.807, 2.05) is 12.1 Å². The van der Waals surface area contributed by atoms with Gasteiger partial charge in [0.15, 0.2) is 11.9 Å². The van der Waals surface area contributed by atoms with E-state index in [0.717, 1.165) is 61.5 Å². The van der Waals surface area contributed by atoms with Gasteiger partial charge in [-0.1, -0.05) is 0 Å². The summed E-state index contributed by atoms with van der Waals surface area (Å²) in [5.74, 6) is 0.778. The molecule has 1 atom stereocenters. The van der Waals surface area contributed by atoms with Crippen molar-refractivity contribution in [1.82, 2.24) is 0 Å². The van der Waals surface area contributed by atoms with Crippen molar-refractivity contribution >= 4 is 16.8 Å². The molecular weight excluding hydrogens is 292 g/mol. The number of ether oxygens (including phenoxy) is 1. The van der Waals surface area contributed by atoms with Crippen LogP contribution >= 0.6 is 0 Å². The molecule has 4 nitrogen and oxygen atoms in total. The summed E-state index contributed by atoms with van der Waals surface area (Å²) in [5, 5.41) is 1.00. The van der Waals surface area contributed by atoms with E-state index in [4.69, 9.17) is 9.15 Å². The monoisotopic (exact) mass is 312 g/mol. The van der Waals surface area contributed by atoms with E-state index in [1.165, 1.54) is 0 Å². The Balaban J connectivity index is 1.71. The predicted molar refractivity (Wildman–Crippen MR) is 87.0 cm³/mol. The number of carbonyl (C=O) groups excluding carboxylic acids is 1. The highest BCUT2D eigenvalue weighted by Crippen LogP contribution is 2.30. The number of fused-ring (bicyclic) bond motifs is 3. The van der Waals surface area contributed by atoms with Crippen molar-refractivity contribution in [3.05, 3.63) is 39.7 Å². The third-order valence-electron chi connectivity index (χ3n) is 4.97. The normalized spacial score (nSPS) is 21.2. The summed E-state index contributed by atoms with van der Waals surface area (Å²) in [5.41, 5.74) is 2.30. The van der Waals surface area contributed by atoms with E-state index in [9.17, 15) is 9.59 Å². The third-order valence-corrected chi connectivity index (χ3v) is 4.97. The fraction of sp³-hybridized carbons (Fsp3) is 0.474. The molecule has 0 bridgehead atoms. The molecule has 1 saturated carbocycles. The van der Waals surface area contributed by atoms with Crippen molar-refractivity contribution in [2.75, 3.05) is 0 Å². The van der Waals surface area contributed by atoms with E-state index >= 15 is 0 Å². The lowest BCUT2D eigenvalue weighted by atomic mass is 9.90. The third kappa shape index (κ3) is 2.67. The van der Waals surface area contributed by atoms with Crippen LogP contribution in [-0.4, -0.2) is 11.9 Å². The number of rotatable bonds is 2. The minimum atomic E-state index is -0.356. The molecule has 0 spiro atoms. The molecule has 0 aliphatic heterocycles. The van der Waals surface area contributed by atoms with Crippen LogP contribution in [0.4, 0.5) is 0 Å². The fourth-order valence-corrected chi connectivity index (χ4v) is 3.74. The molecule has 0 radical (unpaired) electrons. The Bertz CT molecular complexity index is 818. The topological polar surface area (TPSA) is 56.5 Å². The number of hydrogen-bond donors (Lipinski definition) is 0. The molecule has 4 rings (SSSR count). The number of hydrogen-bond acceptors (Lipinski definition) is 4. The summed E-state index contributed by atoms with van der Waals surface area (Å²) < 4.78 is 11.3. The fourth-order valence-electron chi connectivity index (χ4n) is 3.74. The molecule has 1 aromatic carbocycles. The Labute approximate surface area is 134 Å². The van der Waals surface area contributed by atoms with Gasteiger partial charge in [-0.15, -0.1) is 0 Å². The maximum absolute atomic E-state index is 12.2. The number of carbonyl (C=O) groups is 1. The zero-order chi connectivity index (χ0) is 15.8. The van der Waals surface area contributed by atoms with Gasteiger partial charge in [-0.2, -0.15) is 0 Å². The van der Waals surface area contributed by atoms with Crippen molar-refractivity contribution in [2.24, 2.45) is 0 Å². The van der Waals surface area contributed by atoms with Crippen molar-refractivity contribution in [3.63, 3.8) is 0 Å². The van der Waals surface area contributed by atoms with E-state index < -0.39 is 0 Å². The van der Waals surface area contributed by atoms with Gasteiger partial charge in [0.1, 0.15) is 11.3 Å². The summed E-state index contributed by atoms with van der Waals surface area (Å²) in [6.45, 7) is 0. The summed E-state index contributed by atoms with van der Waals surface area (Å²) in [6, 6.07) is 5.61. The standard InChI is InChI=1S/C19H20O4/c20-16-7-3-4-8-17(16)22-12-9-10-14-13-5-1-2-6-15(13)19(21)23-18(14)11-12/h9-11,17H,1-8H2. The highest BCUT2D eigenvalue weighted by atomic mass is 16.5. The SMILES string of the molecule is O=C1CCCCC1Oc1ccc2c3c(c(=O)oc2c1)CCCC3. The van der Waals surface area contributed by atoms with E-state index in [0.29, 0.717) is 17.8 Å². The maximum atomic E-state index is 12.2. The quantitative estimate of drug-likeness (QED) is 0.796. The van der Waals surface area contributed by atoms with Gasteiger partial charge in [0.25, 0.3) is 0 Å². The molecule has 2 aliphatic carbocycles. The van der Waals surface area contributed by atoms with Gasteiger partial charge >= 0.3 is 5.63 Å². The Morgan fingerprint density at radius 1 is 0.957 bits per heavy atom. The molecule has 120 valence electrons. The molecule has 0 saturated heterocycles. The number of Topliss-reactive ketones (excluding diaryl/α,β-unsaturated/α-hetero) is 1. The molecule has 2 aromatic rings. The lowest BCUT2D eigenvalue weighted by Crippen LogP contribution is -2.30. The van der Waals surface area contributed by atoms with Gasteiger partial charge in [0, 0.05) is 23.4 Å². The molecule has 2 aliphatic rings. The Hall–Kier alpha value is -2.10. The van der Waals surface area contributed by atoms with Crippen LogP contribution in [-0.2, 0) is 17.6 Å². The Morgan fingerprint density at radius 3 is 2.57 bits per heavy atom. The first-order valence-electron chi connectivity index (χ1n) is 8.50. The molecule has 1 fully saturated rings. The largest absolute Gasteiger partial charge is 0.483 e. The molecule has 1 aromatic heterocycles. The summed E-state index contributed by atoms with van der Waals surface area (Å²) in [4.78, 5) is 24.1. The van der Waals surface area contributed by atoms with E-state index in [2.05, 4.69) is 0 Å². The predicted octanol–water partition coefficient (Wildman–Crippen LogP) is 3.56. The smallest absolute Gasteiger partial charge is 0.339 e. The first-order chi connectivity index (χ1) is 11.2. The zero-order valence-corrected chi connectivity index (χ0v) is 13.1. The van der Waals surface area contributed by atoms with Gasteiger partial charge in [0.05, 0.1) is 0 Å². The maximum Gasteiger partial charge on any atom is 0.339 e. The van der Waals surface area contributed by atoms with Crippen LogP contribution in [0.2, 0.25) is 0 Å². The first-order valence-corrected chi connectivity index (χ1v) is 8.50. The average Bonchev–Trinajstić information content (AvgIpc) is 2.57. The van der Waals surface area contributed by atoms with Crippen molar-refractivity contribution < 1.29 is 13.9 Å². The molecular formula is C19H20O4. The van der Waals surface area contributed by atoms with Crippen LogP contribution in [0.1, 0.15) is 49.7 Å². The van der Waals surface area contributed by atoms with Crippen LogP contribution in [0.5, 0.6) is 5.75 Å². The van der Waals surface area contributed by atoms with Gasteiger partial charge in [-0.05, 0) is 62.6 Å². The summed E-state index contributed by atoms with van der Waals surface area (Å²) in [7, 11) is 0. The Morgan fingerprint density at radius 2 is 1.74 bits per heavy atom. The van der Waals surface area contributed by atoms with Gasteiger partial charge in [0.2, 0.25) is 0 Å². The van der Waals surface area contributed by atoms with Gasteiger partial charge < -0.3 is 9.15 Å². The van der Waals surface area contributed by atoms with Crippen LogP contribution in [0.15, 0.2) is 27.4 Å². The average molecular weight is 312 g/mol. The molecule has 1 unspecified atom stereocenters. The lowest BCUT2D eigenvalue weighted by Gasteiger charge is -2.22.